The van der Waals surface area contributed by atoms with E-state index in [0.29, 0.717) is 17.7 Å². The predicted molar refractivity (Wildman–Crippen MR) is 100 cm³/mol. The normalized spacial score (nSPS) is 14.0. The molecule has 0 unspecified atom stereocenters. The van der Waals surface area contributed by atoms with E-state index < -0.39 is 0 Å². The molecule has 0 saturated heterocycles. The van der Waals surface area contributed by atoms with Gasteiger partial charge in [-0.1, -0.05) is 31.0 Å². The van der Waals surface area contributed by atoms with Crippen molar-refractivity contribution in [3.05, 3.63) is 65.2 Å². The van der Waals surface area contributed by atoms with Gasteiger partial charge in [0.05, 0.1) is 7.11 Å². The zero-order valence-corrected chi connectivity index (χ0v) is 15.0. The first-order valence-electron chi connectivity index (χ1n) is 8.98. The molecule has 1 aliphatic rings. The van der Waals surface area contributed by atoms with Gasteiger partial charge in [-0.3, -0.25) is 9.59 Å². The molecule has 2 aromatic rings. The molecule has 0 atom stereocenters. The molecular formula is C21H24N2O3. The monoisotopic (exact) mass is 352 g/mol. The Morgan fingerprint density at radius 1 is 0.962 bits per heavy atom. The van der Waals surface area contributed by atoms with Gasteiger partial charge in [-0.15, -0.1) is 0 Å². The van der Waals surface area contributed by atoms with Crippen LogP contribution in [0.5, 0.6) is 5.75 Å². The molecule has 1 saturated carbocycles. The van der Waals surface area contributed by atoms with E-state index in [2.05, 4.69) is 10.6 Å². The van der Waals surface area contributed by atoms with E-state index in [9.17, 15) is 9.59 Å². The number of nitrogens with one attached hydrogen (secondary N) is 2. The van der Waals surface area contributed by atoms with E-state index in [-0.39, 0.29) is 17.9 Å². The van der Waals surface area contributed by atoms with Gasteiger partial charge < -0.3 is 15.4 Å². The van der Waals surface area contributed by atoms with Gasteiger partial charge in [0.2, 0.25) is 0 Å². The highest BCUT2D eigenvalue weighted by Crippen LogP contribution is 2.19. The first-order valence-corrected chi connectivity index (χ1v) is 8.98. The van der Waals surface area contributed by atoms with E-state index in [1.165, 1.54) is 12.8 Å². The Morgan fingerprint density at radius 3 is 2.23 bits per heavy atom. The van der Waals surface area contributed by atoms with Gasteiger partial charge in [0.15, 0.2) is 0 Å². The number of carbonyl (C=O) groups excluding carboxylic acids is 2. The van der Waals surface area contributed by atoms with E-state index >= 15 is 0 Å². The van der Waals surface area contributed by atoms with Gasteiger partial charge >= 0.3 is 0 Å². The molecule has 5 heteroatoms. The topological polar surface area (TPSA) is 67.4 Å². The maximum atomic E-state index is 12.3. The zero-order chi connectivity index (χ0) is 18.4. The van der Waals surface area contributed by atoms with Gasteiger partial charge in [0.1, 0.15) is 5.75 Å². The Morgan fingerprint density at radius 2 is 1.58 bits per heavy atom. The van der Waals surface area contributed by atoms with Crippen LogP contribution in [0.3, 0.4) is 0 Å². The highest BCUT2D eigenvalue weighted by atomic mass is 16.5. The summed E-state index contributed by atoms with van der Waals surface area (Å²) in [6.45, 7) is 0.382. The van der Waals surface area contributed by atoms with Crippen molar-refractivity contribution < 1.29 is 14.3 Å². The average molecular weight is 352 g/mol. The van der Waals surface area contributed by atoms with Crippen LogP contribution in [0, 0.1) is 0 Å². The number of carbonyl (C=O) groups is 2. The molecule has 0 aromatic heterocycles. The molecule has 0 bridgehead atoms. The Balaban J connectivity index is 1.57. The smallest absolute Gasteiger partial charge is 0.251 e. The molecule has 0 heterocycles. The lowest BCUT2D eigenvalue weighted by atomic mass is 10.1. The van der Waals surface area contributed by atoms with Crippen molar-refractivity contribution in [3.8, 4) is 5.75 Å². The summed E-state index contributed by atoms with van der Waals surface area (Å²) in [5, 5.41) is 5.93. The number of hydrogen-bond donors (Lipinski definition) is 2. The number of ether oxygens (including phenoxy) is 1. The van der Waals surface area contributed by atoms with Gasteiger partial charge in [-0.25, -0.2) is 0 Å². The molecule has 0 aliphatic heterocycles. The molecule has 0 spiro atoms. The maximum absolute atomic E-state index is 12.3. The maximum Gasteiger partial charge on any atom is 0.251 e. The standard InChI is InChI=1S/C21H24N2O3/c1-26-19-9-5-2-6-17(19)14-22-20(24)15-10-12-16(13-11-15)21(25)23-18-7-3-4-8-18/h2,5-6,9-13,18H,3-4,7-8,14H2,1H3,(H,22,24)(H,23,25). The van der Waals surface area contributed by atoms with Crippen molar-refractivity contribution in [1.29, 1.82) is 0 Å². The van der Waals surface area contributed by atoms with Gasteiger partial charge in [0, 0.05) is 29.3 Å². The lowest BCUT2D eigenvalue weighted by Gasteiger charge is -2.12. The van der Waals surface area contributed by atoms with Gasteiger partial charge in [0.25, 0.3) is 11.8 Å². The van der Waals surface area contributed by atoms with Crippen LogP contribution >= 0.6 is 0 Å². The molecule has 5 nitrogen and oxygen atoms in total. The number of para-hydroxylation sites is 1. The summed E-state index contributed by atoms with van der Waals surface area (Å²) in [6.07, 6.45) is 4.46. The van der Waals surface area contributed by atoms with Crippen LogP contribution in [0.2, 0.25) is 0 Å². The van der Waals surface area contributed by atoms with Crippen LogP contribution in [0.15, 0.2) is 48.5 Å². The Labute approximate surface area is 153 Å². The lowest BCUT2D eigenvalue weighted by Crippen LogP contribution is -2.32. The van der Waals surface area contributed by atoms with Crippen LogP contribution in [0.4, 0.5) is 0 Å². The minimum absolute atomic E-state index is 0.0714. The van der Waals surface area contributed by atoms with Crippen molar-refractivity contribution in [1.82, 2.24) is 10.6 Å². The van der Waals surface area contributed by atoms with E-state index in [0.717, 1.165) is 24.2 Å². The number of methoxy groups -OCH3 is 1. The fraction of sp³-hybridized carbons (Fsp3) is 0.333. The van der Waals surface area contributed by atoms with Crippen molar-refractivity contribution >= 4 is 11.8 Å². The largest absolute Gasteiger partial charge is 0.496 e. The molecular weight excluding hydrogens is 328 g/mol. The van der Waals surface area contributed by atoms with Crippen molar-refractivity contribution in [2.45, 2.75) is 38.3 Å². The minimum atomic E-state index is -0.182. The molecule has 26 heavy (non-hydrogen) atoms. The van der Waals surface area contributed by atoms with E-state index in [4.69, 9.17) is 4.74 Å². The molecule has 2 amide bonds. The van der Waals surface area contributed by atoms with Crippen LogP contribution in [-0.4, -0.2) is 25.0 Å². The number of amides is 2. The number of rotatable bonds is 6. The molecule has 3 rings (SSSR count). The first-order chi connectivity index (χ1) is 12.7. The lowest BCUT2D eigenvalue weighted by molar-refractivity contribution is 0.0930. The summed E-state index contributed by atoms with van der Waals surface area (Å²) in [5.41, 5.74) is 2.02. The second-order valence-corrected chi connectivity index (χ2v) is 6.53. The first kappa shape index (κ1) is 18.0. The molecule has 1 aliphatic carbocycles. The molecule has 0 radical (unpaired) electrons. The molecule has 1 fully saturated rings. The third-order valence-corrected chi connectivity index (χ3v) is 4.73. The summed E-state index contributed by atoms with van der Waals surface area (Å²) in [6, 6.07) is 14.6. The predicted octanol–water partition coefficient (Wildman–Crippen LogP) is 3.30. The van der Waals surface area contributed by atoms with Crippen LogP contribution < -0.4 is 15.4 Å². The Hall–Kier alpha value is -2.82. The van der Waals surface area contributed by atoms with Gasteiger partial charge in [-0.05, 0) is 43.2 Å². The number of benzene rings is 2. The third-order valence-electron chi connectivity index (χ3n) is 4.73. The van der Waals surface area contributed by atoms with Crippen LogP contribution in [-0.2, 0) is 6.54 Å². The van der Waals surface area contributed by atoms with Crippen molar-refractivity contribution in [2.75, 3.05) is 7.11 Å². The number of hydrogen-bond acceptors (Lipinski definition) is 3. The molecule has 2 N–H and O–H groups in total. The van der Waals surface area contributed by atoms with E-state index in [1.807, 2.05) is 24.3 Å². The highest BCUT2D eigenvalue weighted by Gasteiger charge is 2.18. The fourth-order valence-corrected chi connectivity index (χ4v) is 3.24. The fourth-order valence-electron chi connectivity index (χ4n) is 3.24. The second-order valence-electron chi connectivity index (χ2n) is 6.53. The Kier molecular flexibility index (Phi) is 5.89. The highest BCUT2D eigenvalue weighted by molar-refractivity contribution is 5.97. The summed E-state index contributed by atoms with van der Waals surface area (Å²) in [7, 11) is 1.61. The van der Waals surface area contributed by atoms with Crippen LogP contribution in [0.25, 0.3) is 0 Å². The summed E-state index contributed by atoms with van der Waals surface area (Å²) < 4.78 is 5.28. The van der Waals surface area contributed by atoms with E-state index in [1.54, 1.807) is 31.4 Å². The summed E-state index contributed by atoms with van der Waals surface area (Å²) in [4.78, 5) is 24.6. The Bertz CT molecular complexity index is 765. The zero-order valence-electron chi connectivity index (χ0n) is 15.0. The quantitative estimate of drug-likeness (QED) is 0.838. The molecule has 136 valence electrons. The summed E-state index contributed by atoms with van der Waals surface area (Å²) >= 11 is 0. The minimum Gasteiger partial charge on any atom is -0.496 e. The average Bonchev–Trinajstić information content (AvgIpc) is 3.19. The third kappa shape index (κ3) is 4.42. The SMILES string of the molecule is COc1ccccc1CNC(=O)c1ccc(C(=O)NC2CCCC2)cc1. The van der Waals surface area contributed by atoms with Gasteiger partial charge in [-0.2, -0.15) is 0 Å². The van der Waals surface area contributed by atoms with Crippen LogP contribution in [0.1, 0.15) is 52.0 Å². The van der Waals surface area contributed by atoms with Crippen molar-refractivity contribution in [3.63, 3.8) is 0 Å². The van der Waals surface area contributed by atoms with Crippen molar-refractivity contribution in [2.24, 2.45) is 0 Å². The summed E-state index contributed by atoms with van der Waals surface area (Å²) in [5.74, 6) is 0.489. The molecule has 2 aromatic carbocycles. The second kappa shape index (κ2) is 8.52.